The quantitative estimate of drug-likeness (QED) is 0.848. The number of nitrogens with zero attached hydrogens (tertiary/aromatic N) is 2. The summed E-state index contributed by atoms with van der Waals surface area (Å²) in [5.41, 5.74) is 3.13. The molecule has 19 heavy (non-hydrogen) atoms. The van der Waals surface area contributed by atoms with Gasteiger partial charge in [0.2, 0.25) is 5.91 Å². The lowest BCUT2D eigenvalue weighted by atomic mass is 10.1. The second-order valence-corrected chi connectivity index (χ2v) is 4.85. The van der Waals surface area contributed by atoms with Gasteiger partial charge in [0.05, 0.1) is 11.2 Å². The molecule has 1 fully saturated rings. The number of hydrogen-bond acceptors (Lipinski definition) is 2. The lowest BCUT2D eigenvalue weighted by Crippen LogP contribution is -2.49. The lowest BCUT2D eigenvalue weighted by Gasteiger charge is -2.27. The zero-order valence-electron chi connectivity index (χ0n) is 10.9. The fourth-order valence-electron chi connectivity index (χ4n) is 2.63. The number of rotatable bonds is 1. The maximum absolute atomic E-state index is 11.9. The number of nitrogens with one attached hydrogen (secondary N) is 1. The summed E-state index contributed by atoms with van der Waals surface area (Å²) in [6.07, 6.45) is 2.32. The summed E-state index contributed by atoms with van der Waals surface area (Å²) in [6, 6.07) is 5.60. The Kier molecular flexibility index (Phi) is 2.55. The van der Waals surface area contributed by atoms with Gasteiger partial charge >= 0.3 is 6.03 Å². The number of urea groups is 1. The Bertz CT molecular complexity index is 687. The lowest BCUT2D eigenvalue weighted by molar-refractivity contribution is -0.120. The van der Waals surface area contributed by atoms with Gasteiger partial charge in [-0.3, -0.25) is 15.0 Å². The molecule has 0 aliphatic carbocycles. The van der Waals surface area contributed by atoms with Crippen molar-refractivity contribution in [2.24, 2.45) is 7.05 Å². The zero-order valence-corrected chi connectivity index (χ0v) is 10.9. The van der Waals surface area contributed by atoms with Crippen molar-refractivity contribution in [2.75, 3.05) is 11.4 Å². The number of carbonyl (C=O) groups is 2. The van der Waals surface area contributed by atoms with Crippen LogP contribution in [0.5, 0.6) is 0 Å². The Labute approximate surface area is 110 Å². The molecule has 5 heteroatoms. The van der Waals surface area contributed by atoms with Crippen LogP contribution >= 0.6 is 0 Å². The summed E-state index contributed by atoms with van der Waals surface area (Å²) in [5.74, 6) is -0.210. The third-order valence-electron chi connectivity index (χ3n) is 3.56. The van der Waals surface area contributed by atoms with E-state index in [-0.39, 0.29) is 11.9 Å². The summed E-state index contributed by atoms with van der Waals surface area (Å²) >= 11 is 0. The number of benzene rings is 1. The van der Waals surface area contributed by atoms with Crippen LogP contribution in [0.15, 0.2) is 24.4 Å². The number of carbonyl (C=O) groups excluding carboxylic acids is 2. The average Bonchev–Trinajstić information content (AvgIpc) is 2.74. The Morgan fingerprint density at radius 2 is 2.00 bits per heavy atom. The molecule has 5 nitrogen and oxygen atoms in total. The van der Waals surface area contributed by atoms with Crippen molar-refractivity contribution in [3.8, 4) is 0 Å². The first-order valence-electron chi connectivity index (χ1n) is 6.24. The van der Waals surface area contributed by atoms with Crippen LogP contribution in [0.25, 0.3) is 10.9 Å². The van der Waals surface area contributed by atoms with Gasteiger partial charge in [-0.1, -0.05) is 6.07 Å². The molecule has 1 aliphatic rings. The molecule has 1 aromatic carbocycles. The third-order valence-corrected chi connectivity index (χ3v) is 3.56. The first-order chi connectivity index (χ1) is 9.08. The first-order valence-corrected chi connectivity index (χ1v) is 6.24. The number of imide groups is 1. The molecule has 1 N–H and O–H groups in total. The van der Waals surface area contributed by atoms with Crippen LogP contribution in [0.1, 0.15) is 12.0 Å². The van der Waals surface area contributed by atoms with E-state index in [4.69, 9.17) is 0 Å². The van der Waals surface area contributed by atoms with Crippen LogP contribution in [0.4, 0.5) is 10.5 Å². The van der Waals surface area contributed by atoms with Gasteiger partial charge in [0.1, 0.15) is 0 Å². The molecule has 2 aromatic rings. The number of fused-ring (bicyclic) bond motifs is 1. The summed E-state index contributed by atoms with van der Waals surface area (Å²) in [6.45, 7) is 2.48. The van der Waals surface area contributed by atoms with Gasteiger partial charge in [0.25, 0.3) is 0 Å². The summed E-state index contributed by atoms with van der Waals surface area (Å²) in [4.78, 5) is 24.8. The highest BCUT2D eigenvalue weighted by atomic mass is 16.2. The van der Waals surface area contributed by atoms with Crippen molar-refractivity contribution >= 4 is 28.5 Å². The van der Waals surface area contributed by atoms with E-state index < -0.39 is 0 Å². The van der Waals surface area contributed by atoms with Crippen molar-refractivity contribution in [3.05, 3.63) is 30.0 Å². The van der Waals surface area contributed by atoms with E-state index in [1.165, 1.54) is 5.56 Å². The molecule has 0 radical (unpaired) electrons. The minimum absolute atomic E-state index is 0.210. The second kappa shape index (κ2) is 4.12. The first kappa shape index (κ1) is 11.8. The molecule has 98 valence electrons. The molecule has 1 saturated heterocycles. The largest absolute Gasteiger partial charge is 0.350 e. The second-order valence-electron chi connectivity index (χ2n) is 4.85. The predicted molar refractivity (Wildman–Crippen MR) is 73.2 cm³/mol. The van der Waals surface area contributed by atoms with Gasteiger partial charge in [0.15, 0.2) is 0 Å². The maximum atomic E-state index is 11.9. The van der Waals surface area contributed by atoms with E-state index in [2.05, 4.69) is 5.32 Å². The fraction of sp³-hybridized carbons (Fsp3) is 0.286. The Morgan fingerprint density at radius 1 is 1.21 bits per heavy atom. The third kappa shape index (κ3) is 1.78. The Balaban J connectivity index is 2.13. The van der Waals surface area contributed by atoms with Gasteiger partial charge in [-0.05, 0) is 24.6 Å². The van der Waals surface area contributed by atoms with Crippen LogP contribution in [-0.2, 0) is 11.8 Å². The monoisotopic (exact) mass is 257 g/mol. The van der Waals surface area contributed by atoms with Crippen LogP contribution in [0.3, 0.4) is 0 Å². The summed E-state index contributed by atoms with van der Waals surface area (Å²) < 4.78 is 2.04. The Morgan fingerprint density at radius 3 is 2.74 bits per heavy atom. The maximum Gasteiger partial charge on any atom is 0.328 e. The molecule has 0 saturated carbocycles. The van der Waals surface area contributed by atoms with Crippen molar-refractivity contribution in [2.45, 2.75) is 13.3 Å². The normalized spacial score (nSPS) is 16.0. The average molecular weight is 257 g/mol. The fourth-order valence-corrected chi connectivity index (χ4v) is 2.63. The molecular formula is C14H15N3O2. The van der Waals surface area contributed by atoms with Gasteiger partial charge in [0, 0.05) is 31.6 Å². The van der Waals surface area contributed by atoms with Crippen molar-refractivity contribution in [1.29, 1.82) is 0 Å². The van der Waals surface area contributed by atoms with E-state index >= 15 is 0 Å². The molecule has 0 unspecified atom stereocenters. The molecule has 0 spiro atoms. The highest BCUT2D eigenvalue weighted by Crippen LogP contribution is 2.30. The van der Waals surface area contributed by atoms with Crippen LogP contribution < -0.4 is 10.2 Å². The van der Waals surface area contributed by atoms with E-state index in [0.717, 1.165) is 16.6 Å². The van der Waals surface area contributed by atoms with E-state index in [1.807, 2.05) is 42.9 Å². The molecule has 3 rings (SSSR count). The van der Waals surface area contributed by atoms with Crippen LogP contribution in [0, 0.1) is 6.92 Å². The van der Waals surface area contributed by atoms with Crippen LogP contribution in [-0.4, -0.2) is 23.1 Å². The highest BCUT2D eigenvalue weighted by Gasteiger charge is 2.25. The van der Waals surface area contributed by atoms with E-state index in [0.29, 0.717) is 13.0 Å². The number of hydrogen-bond donors (Lipinski definition) is 1. The van der Waals surface area contributed by atoms with Gasteiger partial charge < -0.3 is 4.57 Å². The molecular weight excluding hydrogens is 242 g/mol. The molecule has 3 amide bonds. The van der Waals surface area contributed by atoms with Crippen molar-refractivity contribution < 1.29 is 9.59 Å². The Hall–Kier alpha value is -2.30. The van der Waals surface area contributed by atoms with Crippen molar-refractivity contribution in [1.82, 2.24) is 9.88 Å². The van der Waals surface area contributed by atoms with Gasteiger partial charge in [-0.25, -0.2) is 4.79 Å². The predicted octanol–water partition coefficient (Wildman–Crippen LogP) is 1.93. The number of aromatic nitrogens is 1. The number of amides is 3. The molecule has 0 atom stereocenters. The molecule has 0 bridgehead atoms. The number of anilines is 1. The zero-order chi connectivity index (χ0) is 13.6. The minimum atomic E-state index is -0.342. The van der Waals surface area contributed by atoms with E-state index in [9.17, 15) is 9.59 Å². The molecule has 2 heterocycles. The van der Waals surface area contributed by atoms with Gasteiger partial charge in [-0.2, -0.15) is 0 Å². The number of aryl methyl sites for hydroxylation is 2. The minimum Gasteiger partial charge on any atom is -0.350 e. The summed E-state index contributed by atoms with van der Waals surface area (Å²) in [7, 11) is 1.99. The highest BCUT2D eigenvalue weighted by molar-refractivity contribution is 6.10. The summed E-state index contributed by atoms with van der Waals surface area (Å²) in [5, 5.41) is 3.39. The molecule has 1 aliphatic heterocycles. The van der Waals surface area contributed by atoms with Crippen molar-refractivity contribution in [3.63, 3.8) is 0 Å². The standard InChI is InChI=1S/C14H15N3O2/c1-9-3-4-11(10-5-7-16(2)13(9)10)17-8-6-12(18)15-14(17)19/h3-5,7H,6,8H2,1-2H3,(H,15,18,19). The topological polar surface area (TPSA) is 54.3 Å². The molecule has 1 aromatic heterocycles. The smallest absolute Gasteiger partial charge is 0.328 e. The van der Waals surface area contributed by atoms with Crippen LogP contribution in [0.2, 0.25) is 0 Å². The SMILES string of the molecule is Cc1ccc(N2CCC(=O)NC2=O)c2ccn(C)c12. The van der Waals surface area contributed by atoms with Gasteiger partial charge in [-0.15, -0.1) is 0 Å². The van der Waals surface area contributed by atoms with E-state index in [1.54, 1.807) is 4.90 Å².